The number of anilines is 1. The maximum absolute atomic E-state index is 12.4. The van der Waals surface area contributed by atoms with Crippen molar-refractivity contribution in [3.8, 4) is 5.69 Å². The molecule has 26 heavy (non-hydrogen) atoms. The van der Waals surface area contributed by atoms with Gasteiger partial charge in [-0.15, -0.1) is 5.10 Å². The molecular formula is C17H21N7OS. The molecule has 2 aromatic heterocycles. The van der Waals surface area contributed by atoms with Crippen LogP contribution in [0.25, 0.3) is 5.69 Å². The number of tetrazole rings is 1. The zero-order valence-corrected chi connectivity index (χ0v) is 15.7. The Morgan fingerprint density at radius 2 is 2.19 bits per heavy atom. The average molecular weight is 371 g/mol. The minimum Gasteiger partial charge on any atom is -0.336 e. The van der Waals surface area contributed by atoms with Crippen molar-refractivity contribution in [2.75, 3.05) is 26.0 Å². The lowest BCUT2D eigenvalue weighted by Gasteiger charge is -2.24. The topological polar surface area (TPSA) is 88.0 Å². The molecule has 136 valence electrons. The Kier molecular flexibility index (Phi) is 5.59. The number of urea groups is 1. The summed E-state index contributed by atoms with van der Waals surface area (Å²) in [7, 11) is 4.00. The van der Waals surface area contributed by atoms with Crippen LogP contribution < -0.4 is 10.6 Å². The molecule has 2 amide bonds. The van der Waals surface area contributed by atoms with Crippen molar-refractivity contribution in [1.29, 1.82) is 0 Å². The van der Waals surface area contributed by atoms with E-state index in [0.29, 0.717) is 12.2 Å². The van der Waals surface area contributed by atoms with E-state index in [1.807, 2.05) is 44.6 Å². The number of amides is 2. The van der Waals surface area contributed by atoms with E-state index in [9.17, 15) is 4.79 Å². The van der Waals surface area contributed by atoms with Gasteiger partial charge >= 0.3 is 6.03 Å². The molecule has 2 N–H and O–H groups in total. The van der Waals surface area contributed by atoms with E-state index < -0.39 is 0 Å². The summed E-state index contributed by atoms with van der Waals surface area (Å²) in [5, 5.41) is 21.1. The van der Waals surface area contributed by atoms with Gasteiger partial charge in [-0.1, -0.05) is 6.07 Å². The van der Waals surface area contributed by atoms with E-state index in [0.717, 1.165) is 11.3 Å². The standard InChI is InChI=1S/C17H21N7OS/c1-12-4-5-14(24-11-19-21-22-24)8-15(12)20-17(25)18-9-16(23(2)3)13-6-7-26-10-13/h4-8,10-11,16H,9H2,1-3H3,(H2,18,20,25)/t16-/m0/s1. The first-order valence-corrected chi connectivity index (χ1v) is 9.06. The molecule has 0 saturated heterocycles. The molecule has 0 bridgehead atoms. The number of likely N-dealkylation sites (N-methyl/N-ethyl adjacent to an activating group) is 1. The highest BCUT2D eigenvalue weighted by Crippen LogP contribution is 2.21. The van der Waals surface area contributed by atoms with Gasteiger partial charge in [-0.25, -0.2) is 9.48 Å². The smallest absolute Gasteiger partial charge is 0.319 e. The van der Waals surface area contributed by atoms with Crippen LogP contribution in [0, 0.1) is 6.92 Å². The van der Waals surface area contributed by atoms with Crippen molar-refractivity contribution < 1.29 is 4.79 Å². The van der Waals surface area contributed by atoms with Crippen LogP contribution in [-0.2, 0) is 0 Å². The lowest BCUT2D eigenvalue weighted by Crippen LogP contribution is -2.36. The first-order chi connectivity index (χ1) is 12.5. The van der Waals surface area contributed by atoms with Crippen LogP contribution in [0.4, 0.5) is 10.5 Å². The number of aromatic nitrogens is 4. The van der Waals surface area contributed by atoms with Gasteiger partial charge in [0.05, 0.1) is 11.7 Å². The lowest BCUT2D eigenvalue weighted by molar-refractivity contribution is 0.243. The summed E-state index contributed by atoms with van der Waals surface area (Å²) >= 11 is 1.65. The molecule has 0 spiro atoms. The highest BCUT2D eigenvalue weighted by molar-refractivity contribution is 7.07. The van der Waals surface area contributed by atoms with Gasteiger partial charge in [-0.3, -0.25) is 0 Å². The predicted octanol–water partition coefficient (Wildman–Crippen LogP) is 2.46. The van der Waals surface area contributed by atoms with Crippen LogP contribution in [0.15, 0.2) is 41.4 Å². The number of aryl methyl sites for hydroxylation is 1. The van der Waals surface area contributed by atoms with Crippen molar-refractivity contribution in [2.24, 2.45) is 0 Å². The summed E-state index contributed by atoms with van der Waals surface area (Å²) in [6.07, 6.45) is 1.51. The number of rotatable bonds is 6. The van der Waals surface area contributed by atoms with E-state index in [1.54, 1.807) is 16.0 Å². The van der Waals surface area contributed by atoms with Gasteiger partial charge in [0.25, 0.3) is 0 Å². The molecule has 3 rings (SSSR count). The van der Waals surface area contributed by atoms with Gasteiger partial charge in [0.2, 0.25) is 0 Å². The van der Waals surface area contributed by atoms with Crippen molar-refractivity contribution in [3.63, 3.8) is 0 Å². The van der Waals surface area contributed by atoms with Crippen LogP contribution in [0.5, 0.6) is 0 Å². The molecular weight excluding hydrogens is 350 g/mol. The van der Waals surface area contributed by atoms with Gasteiger partial charge in [-0.2, -0.15) is 11.3 Å². The van der Waals surface area contributed by atoms with E-state index in [2.05, 4.69) is 42.5 Å². The molecule has 0 fully saturated rings. The zero-order chi connectivity index (χ0) is 18.5. The fourth-order valence-corrected chi connectivity index (χ4v) is 3.29. The Balaban J connectivity index is 1.65. The Hall–Kier alpha value is -2.78. The molecule has 9 heteroatoms. The summed E-state index contributed by atoms with van der Waals surface area (Å²) in [5.41, 5.74) is 3.64. The van der Waals surface area contributed by atoms with Crippen LogP contribution >= 0.6 is 11.3 Å². The fraction of sp³-hybridized carbons (Fsp3) is 0.294. The number of carbonyl (C=O) groups is 1. The van der Waals surface area contributed by atoms with Crippen molar-refractivity contribution in [3.05, 3.63) is 52.5 Å². The second kappa shape index (κ2) is 8.07. The Bertz CT molecular complexity index is 846. The maximum Gasteiger partial charge on any atom is 0.319 e. The van der Waals surface area contributed by atoms with E-state index in [1.165, 1.54) is 11.9 Å². The van der Waals surface area contributed by atoms with E-state index in [4.69, 9.17) is 0 Å². The van der Waals surface area contributed by atoms with Gasteiger partial charge in [0.1, 0.15) is 6.33 Å². The SMILES string of the molecule is Cc1ccc(-n2cnnn2)cc1NC(=O)NC[C@@H](c1ccsc1)N(C)C. The minimum absolute atomic E-state index is 0.126. The average Bonchev–Trinajstić information content (AvgIpc) is 3.30. The summed E-state index contributed by atoms with van der Waals surface area (Å²) < 4.78 is 1.54. The quantitative estimate of drug-likeness (QED) is 0.695. The second-order valence-corrected chi connectivity index (χ2v) is 6.90. The third-order valence-corrected chi connectivity index (χ3v) is 4.79. The highest BCUT2D eigenvalue weighted by atomic mass is 32.1. The Labute approximate surface area is 155 Å². The molecule has 0 radical (unpaired) electrons. The van der Waals surface area contributed by atoms with Crippen LogP contribution in [0.3, 0.4) is 0 Å². The molecule has 0 aliphatic carbocycles. The Morgan fingerprint density at radius 3 is 2.85 bits per heavy atom. The van der Waals surface area contributed by atoms with Crippen molar-refractivity contribution in [2.45, 2.75) is 13.0 Å². The fourth-order valence-electron chi connectivity index (χ4n) is 2.59. The third-order valence-electron chi connectivity index (χ3n) is 4.09. The molecule has 1 aromatic carbocycles. The van der Waals surface area contributed by atoms with E-state index in [-0.39, 0.29) is 12.1 Å². The second-order valence-electron chi connectivity index (χ2n) is 6.12. The monoisotopic (exact) mass is 371 g/mol. The first-order valence-electron chi connectivity index (χ1n) is 8.12. The largest absolute Gasteiger partial charge is 0.336 e. The van der Waals surface area contributed by atoms with Crippen LogP contribution in [0.1, 0.15) is 17.2 Å². The third kappa shape index (κ3) is 4.24. The summed E-state index contributed by atoms with van der Waals surface area (Å²) in [6, 6.07) is 7.61. The summed E-state index contributed by atoms with van der Waals surface area (Å²) in [4.78, 5) is 14.5. The number of nitrogens with zero attached hydrogens (tertiary/aromatic N) is 5. The molecule has 2 heterocycles. The van der Waals surface area contributed by atoms with Crippen molar-refractivity contribution >= 4 is 23.1 Å². The molecule has 1 atom stereocenters. The molecule has 0 unspecified atom stereocenters. The van der Waals surface area contributed by atoms with Gasteiger partial charge < -0.3 is 15.5 Å². The molecule has 0 aliphatic heterocycles. The molecule has 3 aromatic rings. The number of carbonyl (C=O) groups excluding carboxylic acids is 1. The lowest BCUT2D eigenvalue weighted by atomic mass is 10.1. The Morgan fingerprint density at radius 1 is 1.35 bits per heavy atom. The summed E-state index contributed by atoms with van der Waals surface area (Å²) in [6.45, 7) is 2.45. The minimum atomic E-state index is -0.246. The number of hydrogen-bond donors (Lipinski definition) is 2. The number of nitrogens with one attached hydrogen (secondary N) is 2. The number of thiophene rings is 1. The zero-order valence-electron chi connectivity index (χ0n) is 14.9. The predicted molar refractivity (Wildman–Crippen MR) is 102 cm³/mol. The number of benzene rings is 1. The number of hydrogen-bond acceptors (Lipinski definition) is 6. The highest BCUT2D eigenvalue weighted by Gasteiger charge is 2.16. The van der Waals surface area contributed by atoms with Gasteiger partial charge in [-0.05, 0) is 71.5 Å². The van der Waals surface area contributed by atoms with E-state index >= 15 is 0 Å². The normalized spacial score (nSPS) is 12.2. The van der Waals surface area contributed by atoms with Gasteiger partial charge in [0, 0.05) is 12.2 Å². The maximum atomic E-state index is 12.4. The van der Waals surface area contributed by atoms with Crippen molar-refractivity contribution in [1.82, 2.24) is 30.4 Å². The van der Waals surface area contributed by atoms with Crippen LogP contribution in [0.2, 0.25) is 0 Å². The van der Waals surface area contributed by atoms with Gasteiger partial charge in [0.15, 0.2) is 0 Å². The molecule has 0 saturated carbocycles. The summed E-state index contributed by atoms with van der Waals surface area (Å²) in [5.74, 6) is 0. The first kappa shape index (κ1) is 18.0. The molecule has 8 nitrogen and oxygen atoms in total. The molecule has 0 aliphatic rings. The van der Waals surface area contributed by atoms with Crippen LogP contribution in [-0.4, -0.2) is 51.8 Å².